The minimum Gasteiger partial charge on any atom is -0.361 e. The molecule has 4 rings (SSSR count). The Morgan fingerprint density at radius 3 is 2.62 bits per heavy atom. The predicted octanol–water partition coefficient (Wildman–Crippen LogP) is 4.63. The molecule has 0 aliphatic carbocycles. The fraction of sp³-hybridized carbons (Fsp3) is 0.136. The average molecular weight is 405 g/mol. The number of nitro groups is 1. The zero-order valence-electron chi connectivity index (χ0n) is 15.5. The van der Waals surface area contributed by atoms with E-state index in [0.717, 1.165) is 22.0 Å². The first-order valence-electron chi connectivity index (χ1n) is 9.21. The standard InChI is InChI=1S/C22H19N3O3S/c26-22(12-15-7-9-16(10-8-15)25(27)28)24-14-19(21-6-3-11-29-21)18-13-23-20-5-2-1-4-17(18)20/h1-11,13,19,23H,12,14H2,(H,24,26). The number of para-hydroxylation sites is 1. The van der Waals surface area contributed by atoms with Crippen molar-refractivity contribution in [3.63, 3.8) is 0 Å². The normalized spacial score (nSPS) is 12.0. The summed E-state index contributed by atoms with van der Waals surface area (Å²) in [5, 5.41) is 17.0. The second-order valence-corrected chi connectivity index (χ2v) is 7.74. The Kier molecular flexibility index (Phi) is 5.39. The van der Waals surface area contributed by atoms with Gasteiger partial charge in [0.2, 0.25) is 5.91 Å². The molecule has 0 saturated carbocycles. The number of H-pyrrole nitrogens is 1. The second kappa shape index (κ2) is 8.28. The number of non-ortho nitro benzene ring substituents is 1. The van der Waals surface area contributed by atoms with Crippen LogP contribution in [0.4, 0.5) is 5.69 Å². The number of nitrogens with zero attached hydrogens (tertiary/aromatic N) is 1. The van der Waals surface area contributed by atoms with E-state index in [1.165, 1.54) is 17.0 Å². The van der Waals surface area contributed by atoms with Crippen LogP contribution in [0.5, 0.6) is 0 Å². The molecule has 6 nitrogen and oxygen atoms in total. The largest absolute Gasteiger partial charge is 0.361 e. The molecule has 2 heterocycles. The molecule has 146 valence electrons. The van der Waals surface area contributed by atoms with Gasteiger partial charge in [0.1, 0.15) is 0 Å². The summed E-state index contributed by atoms with van der Waals surface area (Å²) >= 11 is 1.67. The van der Waals surface area contributed by atoms with E-state index >= 15 is 0 Å². The SMILES string of the molecule is O=C(Cc1ccc([N+](=O)[O-])cc1)NCC(c1cccs1)c1c[nH]c2ccccc12. The first kappa shape index (κ1) is 18.9. The van der Waals surface area contributed by atoms with Crippen LogP contribution in [0, 0.1) is 10.1 Å². The fourth-order valence-electron chi connectivity index (χ4n) is 3.43. The van der Waals surface area contributed by atoms with Crippen molar-refractivity contribution in [2.75, 3.05) is 6.54 Å². The minimum absolute atomic E-state index is 0.0197. The maximum atomic E-state index is 12.5. The third-order valence-electron chi connectivity index (χ3n) is 4.90. The summed E-state index contributed by atoms with van der Waals surface area (Å²) in [6.45, 7) is 0.480. The number of carbonyl (C=O) groups excluding carboxylic acids is 1. The predicted molar refractivity (Wildman–Crippen MR) is 114 cm³/mol. The zero-order chi connectivity index (χ0) is 20.2. The van der Waals surface area contributed by atoms with Crippen molar-refractivity contribution in [3.8, 4) is 0 Å². The van der Waals surface area contributed by atoms with Crippen molar-refractivity contribution in [3.05, 3.63) is 98.4 Å². The zero-order valence-corrected chi connectivity index (χ0v) is 16.3. The third-order valence-corrected chi connectivity index (χ3v) is 5.88. The molecule has 1 atom stereocenters. The van der Waals surface area contributed by atoms with Gasteiger partial charge in [0.15, 0.2) is 0 Å². The van der Waals surface area contributed by atoms with E-state index in [1.807, 2.05) is 35.8 Å². The smallest absolute Gasteiger partial charge is 0.269 e. The van der Waals surface area contributed by atoms with Gasteiger partial charge in [-0.3, -0.25) is 14.9 Å². The molecule has 0 aliphatic rings. The number of carbonyl (C=O) groups is 1. The lowest BCUT2D eigenvalue weighted by Gasteiger charge is -2.16. The highest BCUT2D eigenvalue weighted by Crippen LogP contribution is 2.32. The Morgan fingerprint density at radius 2 is 1.90 bits per heavy atom. The monoisotopic (exact) mass is 405 g/mol. The van der Waals surface area contributed by atoms with Gasteiger partial charge in [-0.2, -0.15) is 0 Å². The van der Waals surface area contributed by atoms with E-state index in [9.17, 15) is 14.9 Å². The van der Waals surface area contributed by atoms with E-state index < -0.39 is 4.92 Å². The average Bonchev–Trinajstić information content (AvgIpc) is 3.39. The maximum Gasteiger partial charge on any atom is 0.269 e. The van der Waals surface area contributed by atoms with Crippen LogP contribution < -0.4 is 5.32 Å². The molecule has 2 aromatic carbocycles. The number of thiophene rings is 1. The van der Waals surface area contributed by atoms with Crippen LogP contribution >= 0.6 is 11.3 Å². The van der Waals surface area contributed by atoms with Gasteiger partial charge in [-0.05, 0) is 28.6 Å². The number of amides is 1. The van der Waals surface area contributed by atoms with Gasteiger partial charge in [-0.25, -0.2) is 0 Å². The van der Waals surface area contributed by atoms with E-state index in [-0.39, 0.29) is 23.9 Å². The molecule has 0 radical (unpaired) electrons. The second-order valence-electron chi connectivity index (χ2n) is 6.76. The lowest BCUT2D eigenvalue weighted by atomic mass is 9.96. The molecule has 0 bridgehead atoms. The van der Waals surface area contributed by atoms with Crippen molar-refractivity contribution in [1.29, 1.82) is 0 Å². The van der Waals surface area contributed by atoms with Crippen LogP contribution in [0.1, 0.15) is 21.9 Å². The van der Waals surface area contributed by atoms with Crippen LogP contribution in [-0.2, 0) is 11.2 Å². The minimum atomic E-state index is -0.448. The first-order chi connectivity index (χ1) is 14.1. The summed E-state index contributed by atoms with van der Waals surface area (Å²) in [4.78, 5) is 27.3. The molecule has 0 saturated heterocycles. The number of hydrogen-bond donors (Lipinski definition) is 2. The Balaban J connectivity index is 1.49. The van der Waals surface area contributed by atoms with Gasteiger partial charge < -0.3 is 10.3 Å². The molecule has 7 heteroatoms. The Labute approximate surface area is 171 Å². The van der Waals surface area contributed by atoms with Gasteiger partial charge in [-0.1, -0.05) is 36.4 Å². The number of hydrogen-bond acceptors (Lipinski definition) is 4. The quantitative estimate of drug-likeness (QED) is 0.347. The molecular formula is C22H19N3O3S. The van der Waals surface area contributed by atoms with Gasteiger partial charge in [0.05, 0.1) is 11.3 Å². The molecule has 1 unspecified atom stereocenters. The van der Waals surface area contributed by atoms with Crippen molar-refractivity contribution in [1.82, 2.24) is 10.3 Å². The topological polar surface area (TPSA) is 88.0 Å². The van der Waals surface area contributed by atoms with E-state index in [0.29, 0.717) is 6.54 Å². The molecule has 2 aromatic heterocycles. The molecule has 29 heavy (non-hydrogen) atoms. The summed E-state index contributed by atoms with van der Waals surface area (Å²) < 4.78 is 0. The number of rotatable bonds is 7. The Bertz CT molecular complexity index is 1130. The van der Waals surface area contributed by atoms with Gasteiger partial charge in [0.25, 0.3) is 5.69 Å². The summed E-state index contributed by atoms with van der Waals surface area (Å²) in [6, 6.07) is 18.3. The number of aromatic amines is 1. The van der Waals surface area contributed by atoms with Gasteiger partial charge >= 0.3 is 0 Å². The summed E-state index contributed by atoms with van der Waals surface area (Å²) in [6.07, 6.45) is 2.20. The molecule has 2 N–H and O–H groups in total. The van der Waals surface area contributed by atoms with Crippen LogP contribution in [0.2, 0.25) is 0 Å². The molecule has 0 aliphatic heterocycles. The molecule has 0 fully saturated rings. The Hall–Kier alpha value is -3.45. The molecule has 0 spiro atoms. The van der Waals surface area contributed by atoms with Crippen LogP contribution in [0.25, 0.3) is 10.9 Å². The maximum absolute atomic E-state index is 12.5. The lowest BCUT2D eigenvalue weighted by Crippen LogP contribution is -2.29. The highest BCUT2D eigenvalue weighted by atomic mass is 32.1. The van der Waals surface area contributed by atoms with Gasteiger partial charge in [-0.15, -0.1) is 11.3 Å². The highest BCUT2D eigenvalue weighted by molar-refractivity contribution is 7.10. The van der Waals surface area contributed by atoms with Crippen molar-refractivity contribution >= 4 is 33.8 Å². The van der Waals surface area contributed by atoms with Crippen LogP contribution in [0.3, 0.4) is 0 Å². The van der Waals surface area contributed by atoms with Crippen molar-refractivity contribution in [2.45, 2.75) is 12.3 Å². The number of aromatic nitrogens is 1. The van der Waals surface area contributed by atoms with E-state index in [2.05, 4.69) is 22.4 Å². The van der Waals surface area contributed by atoms with Gasteiger partial charge in [0, 0.05) is 46.6 Å². The number of benzene rings is 2. The van der Waals surface area contributed by atoms with Crippen LogP contribution in [-0.4, -0.2) is 22.4 Å². The number of nitro benzene ring substituents is 1. The Morgan fingerprint density at radius 1 is 1.10 bits per heavy atom. The highest BCUT2D eigenvalue weighted by Gasteiger charge is 2.20. The number of nitrogens with one attached hydrogen (secondary N) is 2. The summed E-state index contributed by atoms with van der Waals surface area (Å²) in [5.41, 5.74) is 2.99. The summed E-state index contributed by atoms with van der Waals surface area (Å²) in [7, 11) is 0. The summed E-state index contributed by atoms with van der Waals surface area (Å²) in [5.74, 6) is -0.0628. The van der Waals surface area contributed by atoms with Crippen molar-refractivity contribution in [2.24, 2.45) is 0 Å². The fourth-order valence-corrected chi connectivity index (χ4v) is 4.28. The van der Waals surface area contributed by atoms with Crippen molar-refractivity contribution < 1.29 is 9.72 Å². The molecule has 4 aromatic rings. The van der Waals surface area contributed by atoms with E-state index in [1.54, 1.807) is 23.5 Å². The molecule has 1 amide bonds. The van der Waals surface area contributed by atoms with Crippen LogP contribution in [0.15, 0.2) is 72.2 Å². The first-order valence-corrected chi connectivity index (χ1v) is 10.1. The van der Waals surface area contributed by atoms with E-state index in [4.69, 9.17) is 0 Å². The molecular weight excluding hydrogens is 386 g/mol. The lowest BCUT2D eigenvalue weighted by molar-refractivity contribution is -0.384. The third kappa shape index (κ3) is 4.20. The number of fused-ring (bicyclic) bond motifs is 1.